The quantitative estimate of drug-likeness (QED) is 0.851. The summed E-state index contributed by atoms with van der Waals surface area (Å²) < 4.78 is 19.1. The van der Waals surface area contributed by atoms with Crippen LogP contribution in [0.4, 0.5) is 0 Å². The molecule has 3 aliphatic heterocycles. The number of rotatable bonds is 6. The third-order valence-corrected chi connectivity index (χ3v) is 5.76. The van der Waals surface area contributed by atoms with Gasteiger partial charge in [0, 0.05) is 45.7 Å². The first-order chi connectivity index (χ1) is 12.4. The Morgan fingerprint density at radius 2 is 1.68 bits per heavy atom. The Morgan fingerprint density at radius 3 is 2.44 bits per heavy atom. The number of hydrogen-bond acceptors (Lipinski definition) is 5. The van der Waals surface area contributed by atoms with E-state index in [4.69, 9.17) is 19.3 Å². The second-order valence-electron chi connectivity index (χ2n) is 7.64. The zero-order chi connectivity index (χ0) is 16.9. The third kappa shape index (κ3) is 4.61. The molecule has 3 aliphatic rings. The highest BCUT2D eigenvalue weighted by atomic mass is 16.5. The van der Waals surface area contributed by atoms with Crippen molar-refractivity contribution in [2.75, 3.05) is 46.1 Å². The van der Waals surface area contributed by atoms with Crippen molar-refractivity contribution in [1.29, 1.82) is 0 Å². The molecule has 0 bridgehead atoms. The molecule has 0 aliphatic carbocycles. The van der Waals surface area contributed by atoms with Crippen molar-refractivity contribution in [3.8, 4) is 0 Å². The van der Waals surface area contributed by atoms with Crippen molar-refractivity contribution in [3.05, 3.63) is 17.5 Å². The third-order valence-electron chi connectivity index (χ3n) is 5.76. The van der Waals surface area contributed by atoms with Crippen LogP contribution in [0.3, 0.4) is 0 Å². The topological polar surface area (TPSA) is 57.5 Å². The van der Waals surface area contributed by atoms with Crippen LogP contribution in [0.15, 0.2) is 6.20 Å². The molecule has 2 saturated heterocycles. The molecule has 0 saturated carbocycles. The largest absolute Gasteiger partial charge is 0.381 e. The lowest BCUT2D eigenvalue weighted by molar-refractivity contribution is 0.0349. The van der Waals surface area contributed by atoms with Crippen LogP contribution in [0.5, 0.6) is 0 Å². The van der Waals surface area contributed by atoms with Crippen molar-refractivity contribution in [1.82, 2.24) is 15.1 Å². The molecule has 0 amide bonds. The van der Waals surface area contributed by atoms with Gasteiger partial charge in [-0.25, -0.2) is 0 Å². The number of ether oxygens (including phenoxy) is 3. The van der Waals surface area contributed by atoms with Gasteiger partial charge in [0.25, 0.3) is 0 Å². The minimum atomic E-state index is 0.0968. The molecule has 2 fully saturated rings. The molecule has 0 aromatic carbocycles. The lowest BCUT2D eigenvalue weighted by Gasteiger charge is -2.25. The summed E-state index contributed by atoms with van der Waals surface area (Å²) >= 11 is 0. The van der Waals surface area contributed by atoms with E-state index in [1.807, 2.05) is 0 Å². The van der Waals surface area contributed by atoms with Crippen LogP contribution >= 0.6 is 0 Å². The summed E-state index contributed by atoms with van der Waals surface area (Å²) in [4.78, 5) is 0. The second-order valence-corrected chi connectivity index (χ2v) is 7.64. The van der Waals surface area contributed by atoms with Gasteiger partial charge in [-0.15, -0.1) is 0 Å². The molecule has 1 unspecified atom stereocenters. The van der Waals surface area contributed by atoms with Crippen molar-refractivity contribution < 1.29 is 14.2 Å². The van der Waals surface area contributed by atoms with Crippen LogP contribution in [0.1, 0.15) is 43.0 Å². The monoisotopic (exact) mass is 349 g/mol. The van der Waals surface area contributed by atoms with Crippen molar-refractivity contribution in [3.63, 3.8) is 0 Å². The van der Waals surface area contributed by atoms with Gasteiger partial charge in [-0.1, -0.05) is 0 Å². The number of nitrogens with zero attached hydrogens (tertiary/aromatic N) is 2. The van der Waals surface area contributed by atoms with Gasteiger partial charge in [-0.3, -0.25) is 4.68 Å². The van der Waals surface area contributed by atoms with Gasteiger partial charge in [0.1, 0.15) is 6.10 Å². The summed E-state index contributed by atoms with van der Waals surface area (Å²) in [6, 6.07) is 0. The second kappa shape index (κ2) is 8.62. The first kappa shape index (κ1) is 17.5. The van der Waals surface area contributed by atoms with E-state index in [0.717, 1.165) is 83.5 Å². The van der Waals surface area contributed by atoms with Crippen LogP contribution in [0.2, 0.25) is 0 Å². The summed E-state index contributed by atoms with van der Waals surface area (Å²) in [6.07, 6.45) is 7.97. The minimum absolute atomic E-state index is 0.0968. The molecule has 0 spiro atoms. The van der Waals surface area contributed by atoms with E-state index in [9.17, 15) is 0 Å². The highest BCUT2D eigenvalue weighted by molar-refractivity contribution is 5.22. The van der Waals surface area contributed by atoms with Gasteiger partial charge < -0.3 is 19.5 Å². The van der Waals surface area contributed by atoms with Crippen molar-refractivity contribution in [2.24, 2.45) is 11.8 Å². The Labute approximate surface area is 150 Å². The summed E-state index contributed by atoms with van der Waals surface area (Å²) in [5.41, 5.74) is 2.52. The zero-order valence-corrected chi connectivity index (χ0v) is 15.1. The number of hydrogen-bond donors (Lipinski definition) is 1. The molecule has 4 heterocycles. The van der Waals surface area contributed by atoms with Crippen molar-refractivity contribution >= 4 is 0 Å². The van der Waals surface area contributed by atoms with Gasteiger partial charge in [-0.2, -0.15) is 5.10 Å². The average Bonchev–Trinajstić information content (AvgIpc) is 3.07. The predicted molar refractivity (Wildman–Crippen MR) is 94.6 cm³/mol. The number of aromatic nitrogens is 2. The fourth-order valence-corrected chi connectivity index (χ4v) is 4.14. The molecular weight excluding hydrogens is 318 g/mol. The summed E-state index contributed by atoms with van der Waals surface area (Å²) in [7, 11) is 0. The van der Waals surface area contributed by atoms with E-state index >= 15 is 0 Å². The van der Waals surface area contributed by atoms with E-state index in [2.05, 4.69) is 16.2 Å². The fourth-order valence-electron chi connectivity index (χ4n) is 4.14. The molecule has 25 heavy (non-hydrogen) atoms. The van der Waals surface area contributed by atoms with Gasteiger partial charge >= 0.3 is 0 Å². The number of fused-ring (bicyclic) bond motifs is 1. The standard InChI is InChI=1S/C19H31N3O3/c1-6-23-7-2-15(1)11-20-12-18-19-17(5-10-25-18)14-22(21-19)13-16-3-8-24-9-4-16/h14-16,18,20H,1-13H2. The Balaban J connectivity index is 1.31. The van der Waals surface area contributed by atoms with Gasteiger partial charge in [0.05, 0.1) is 12.3 Å². The normalized spacial score (nSPS) is 25.8. The van der Waals surface area contributed by atoms with E-state index in [-0.39, 0.29) is 6.10 Å². The van der Waals surface area contributed by atoms with Crippen molar-refractivity contribution in [2.45, 2.75) is 44.8 Å². The fraction of sp³-hybridized carbons (Fsp3) is 0.842. The maximum atomic E-state index is 6.01. The van der Waals surface area contributed by atoms with E-state index < -0.39 is 0 Å². The molecule has 4 rings (SSSR count). The molecule has 1 aromatic heterocycles. The average molecular weight is 349 g/mol. The molecule has 1 atom stereocenters. The first-order valence-electron chi connectivity index (χ1n) is 9.92. The van der Waals surface area contributed by atoms with Crippen LogP contribution in [0.25, 0.3) is 0 Å². The maximum Gasteiger partial charge on any atom is 0.114 e. The number of nitrogens with one attached hydrogen (secondary N) is 1. The van der Waals surface area contributed by atoms with Gasteiger partial charge in [-0.05, 0) is 56.0 Å². The Kier molecular flexibility index (Phi) is 6.02. The summed E-state index contributed by atoms with van der Waals surface area (Å²) in [6.45, 7) is 7.35. The van der Waals surface area contributed by atoms with Gasteiger partial charge in [0.15, 0.2) is 0 Å². The minimum Gasteiger partial charge on any atom is -0.381 e. The van der Waals surface area contributed by atoms with E-state index in [1.165, 1.54) is 18.4 Å². The molecule has 6 heteroatoms. The first-order valence-corrected chi connectivity index (χ1v) is 9.92. The highest BCUT2D eigenvalue weighted by Crippen LogP contribution is 2.26. The Bertz CT molecular complexity index is 536. The molecular formula is C19H31N3O3. The Morgan fingerprint density at radius 1 is 0.960 bits per heavy atom. The molecule has 140 valence electrons. The van der Waals surface area contributed by atoms with Gasteiger partial charge in [0.2, 0.25) is 0 Å². The SMILES string of the molecule is c1c2c(nn1CC1CCOCC1)C(CNCC1CCOCC1)OCC2. The van der Waals surface area contributed by atoms with Crippen LogP contribution in [-0.4, -0.2) is 55.9 Å². The predicted octanol–water partition coefficient (Wildman–Crippen LogP) is 1.94. The van der Waals surface area contributed by atoms with Crippen LogP contribution in [0, 0.1) is 11.8 Å². The zero-order valence-electron chi connectivity index (χ0n) is 15.1. The lowest BCUT2D eigenvalue weighted by atomic mass is 10.00. The molecule has 0 radical (unpaired) electrons. The smallest absolute Gasteiger partial charge is 0.114 e. The molecule has 6 nitrogen and oxygen atoms in total. The van der Waals surface area contributed by atoms with E-state index in [0.29, 0.717) is 5.92 Å². The summed E-state index contributed by atoms with van der Waals surface area (Å²) in [5.74, 6) is 1.43. The highest BCUT2D eigenvalue weighted by Gasteiger charge is 2.26. The summed E-state index contributed by atoms with van der Waals surface area (Å²) in [5, 5.41) is 8.49. The van der Waals surface area contributed by atoms with Crippen LogP contribution in [-0.2, 0) is 27.2 Å². The lowest BCUT2D eigenvalue weighted by Crippen LogP contribution is -2.33. The maximum absolute atomic E-state index is 6.01. The van der Waals surface area contributed by atoms with Crippen LogP contribution < -0.4 is 5.32 Å². The molecule has 1 N–H and O–H groups in total. The Hall–Kier alpha value is -0.950. The molecule has 1 aromatic rings. The van der Waals surface area contributed by atoms with E-state index in [1.54, 1.807) is 0 Å².